The lowest BCUT2D eigenvalue weighted by atomic mass is 9.90. The first kappa shape index (κ1) is 14.9. The fraction of sp³-hybridized carbons (Fsp3) is 0.600. The van der Waals surface area contributed by atoms with Crippen molar-refractivity contribution in [3.05, 3.63) is 34.1 Å². The molecule has 0 spiro atoms. The van der Waals surface area contributed by atoms with Crippen LogP contribution in [0.2, 0.25) is 0 Å². The van der Waals surface area contributed by atoms with Crippen LogP contribution < -0.4 is 5.32 Å². The van der Waals surface area contributed by atoms with E-state index in [9.17, 15) is 4.39 Å². The molecule has 106 valence electrons. The average Bonchev–Trinajstić information content (AvgIpc) is 2.40. The van der Waals surface area contributed by atoms with Gasteiger partial charge in [0.15, 0.2) is 0 Å². The highest BCUT2D eigenvalue weighted by molar-refractivity contribution is 9.10. The SMILES string of the molecule is CC(NCc1cc(F)ccc1Br)C1CCN(C)CC1. The highest BCUT2D eigenvalue weighted by Crippen LogP contribution is 2.21. The second-order valence-electron chi connectivity index (χ2n) is 5.55. The third kappa shape index (κ3) is 4.26. The Labute approximate surface area is 123 Å². The van der Waals surface area contributed by atoms with E-state index >= 15 is 0 Å². The van der Waals surface area contributed by atoms with E-state index in [0.717, 1.165) is 16.0 Å². The molecule has 1 aliphatic rings. The first-order valence-corrected chi connectivity index (χ1v) is 7.71. The average molecular weight is 329 g/mol. The summed E-state index contributed by atoms with van der Waals surface area (Å²) in [6.45, 7) is 5.32. The number of nitrogens with one attached hydrogen (secondary N) is 1. The largest absolute Gasteiger partial charge is 0.310 e. The van der Waals surface area contributed by atoms with Crippen molar-refractivity contribution in [3.8, 4) is 0 Å². The normalized spacial score (nSPS) is 19.6. The number of hydrogen-bond donors (Lipinski definition) is 1. The molecule has 1 unspecified atom stereocenters. The molecule has 1 heterocycles. The van der Waals surface area contributed by atoms with Gasteiger partial charge in [-0.1, -0.05) is 15.9 Å². The molecule has 1 aromatic rings. The Bertz CT molecular complexity index is 417. The fourth-order valence-electron chi connectivity index (χ4n) is 2.64. The highest BCUT2D eigenvalue weighted by atomic mass is 79.9. The molecule has 0 saturated carbocycles. The van der Waals surface area contributed by atoms with Crippen molar-refractivity contribution in [1.82, 2.24) is 10.2 Å². The molecule has 4 heteroatoms. The Morgan fingerprint density at radius 2 is 2.11 bits per heavy atom. The third-order valence-corrected chi connectivity index (χ3v) is 4.87. The number of hydrogen-bond acceptors (Lipinski definition) is 2. The number of likely N-dealkylation sites (tertiary alicyclic amines) is 1. The summed E-state index contributed by atoms with van der Waals surface area (Å²) in [7, 11) is 2.18. The van der Waals surface area contributed by atoms with Crippen LogP contribution >= 0.6 is 15.9 Å². The van der Waals surface area contributed by atoms with Gasteiger partial charge in [0.05, 0.1) is 0 Å². The van der Waals surface area contributed by atoms with Crippen LogP contribution in [0.25, 0.3) is 0 Å². The van der Waals surface area contributed by atoms with E-state index in [0.29, 0.717) is 12.6 Å². The van der Waals surface area contributed by atoms with Crippen molar-refractivity contribution >= 4 is 15.9 Å². The number of piperidine rings is 1. The van der Waals surface area contributed by atoms with Crippen LogP contribution in [0.1, 0.15) is 25.3 Å². The van der Waals surface area contributed by atoms with Crippen LogP contribution in [0.5, 0.6) is 0 Å². The van der Waals surface area contributed by atoms with E-state index in [1.165, 1.54) is 32.0 Å². The zero-order valence-corrected chi connectivity index (χ0v) is 13.2. The predicted octanol–water partition coefficient (Wildman–Crippen LogP) is 3.41. The van der Waals surface area contributed by atoms with Crippen molar-refractivity contribution in [2.45, 2.75) is 32.4 Å². The molecule has 19 heavy (non-hydrogen) atoms. The van der Waals surface area contributed by atoms with Gasteiger partial charge in [0.1, 0.15) is 5.82 Å². The first-order chi connectivity index (χ1) is 9.06. The van der Waals surface area contributed by atoms with Crippen LogP contribution in [0.4, 0.5) is 4.39 Å². The maximum Gasteiger partial charge on any atom is 0.123 e. The summed E-state index contributed by atoms with van der Waals surface area (Å²) in [5.74, 6) is 0.551. The predicted molar refractivity (Wildman–Crippen MR) is 80.6 cm³/mol. The minimum absolute atomic E-state index is 0.174. The number of halogens is 2. The summed E-state index contributed by atoms with van der Waals surface area (Å²) < 4.78 is 14.2. The van der Waals surface area contributed by atoms with Gasteiger partial charge in [-0.25, -0.2) is 4.39 Å². The Kier molecular flexibility index (Phi) is 5.37. The molecule has 0 aliphatic carbocycles. The minimum Gasteiger partial charge on any atom is -0.310 e. The van der Waals surface area contributed by atoms with Crippen molar-refractivity contribution in [1.29, 1.82) is 0 Å². The van der Waals surface area contributed by atoms with Gasteiger partial charge >= 0.3 is 0 Å². The van der Waals surface area contributed by atoms with Gasteiger partial charge in [-0.3, -0.25) is 0 Å². The molecule has 1 aromatic carbocycles. The van der Waals surface area contributed by atoms with Gasteiger partial charge in [-0.05, 0) is 69.6 Å². The van der Waals surface area contributed by atoms with E-state index < -0.39 is 0 Å². The van der Waals surface area contributed by atoms with Crippen molar-refractivity contribution in [2.75, 3.05) is 20.1 Å². The summed E-state index contributed by atoms with van der Waals surface area (Å²) in [4.78, 5) is 2.38. The molecule has 0 aromatic heterocycles. The monoisotopic (exact) mass is 328 g/mol. The van der Waals surface area contributed by atoms with E-state index in [2.05, 4.69) is 40.1 Å². The number of nitrogens with zero attached hydrogens (tertiary/aromatic N) is 1. The summed E-state index contributed by atoms with van der Waals surface area (Å²) in [6, 6.07) is 5.32. The molecular formula is C15H22BrFN2. The zero-order chi connectivity index (χ0) is 13.8. The summed E-state index contributed by atoms with van der Waals surface area (Å²) >= 11 is 3.47. The lowest BCUT2D eigenvalue weighted by molar-refractivity contribution is 0.189. The number of rotatable bonds is 4. The standard InChI is InChI=1S/C15H22BrFN2/c1-11(12-5-7-19(2)8-6-12)18-10-13-9-14(17)3-4-15(13)16/h3-4,9,11-12,18H,5-8,10H2,1-2H3. The van der Waals surface area contributed by atoms with Crippen LogP contribution in [-0.2, 0) is 6.54 Å². The molecule has 1 saturated heterocycles. The molecule has 2 nitrogen and oxygen atoms in total. The lowest BCUT2D eigenvalue weighted by Crippen LogP contribution is -2.40. The van der Waals surface area contributed by atoms with Gasteiger partial charge in [0.25, 0.3) is 0 Å². The Morgan fingerprint density at radius 1 is 1.42 bits per heavy atom. The molecule has 1 fully saturated rings. The van der Waals surface area contributed by atoms with Crippen molar-refractivity contribution in [3.63, 3.8) is 0 Å². The molecule has 1 N–H and O–H groups in total. The highest BCUT2D eigenvalue weighted by Gasteiger charge is 2.21. The van der Waals surface area contributed by atoms with Gasteiger partial charge < -0.3 is 10.2 Å². The lowest BCUT2D eigenvalue weighted by Gasteiger charge is -2.33. The minimum atomic E-state index is -0.174. The molecule has 1 atom stereocenters. The van der Waals surface area contributed by atoms with Crippen LogP contribution in [0.3, 0.4) is 0 Å². The van der Waals surface area contributed by atoms with Gasteiger partial charge in [-0.2, -0.15) is 0 Å². The van der Waals surface area contributed by atoms with E-state index in [1.54, 1.807) is 12.1 Å². The zero-order valence-electron chi connectivity index (χ0n) is 11.6. The molecular weight excluding hydrogens is 307 g/mol. The quantitative estimate of drug-likeness (QED) is 0.911. The summed E-state index contributed by atoms with van der Waals surface area (Å²) in [5, 5.41) is 3.54. The van der Waals surface area contributed by atoms with Gasteiger partial charge in [-0.15, -0.1) is 0 Å². The van der Waals surface area contributed by atoms with Crippen molar-refractivity contribution < 1.29 is 4.39 Å². The molecule has 0 bridgehead atoms. The van der Waals surface area contributed by atoms with Crippen molar-refractivity contribution in [2.24, 2.45) is 5.92 Å². The third-order valence-electron chi connectivity index (χ3n) is 4.09. The summed E-state index contributed by atoms with van der Waals surface area (Å²) in [6.07, 6.45) is 2.49. The Morgan fingerprint density at radius 3 is 2.79 bits per heavy atom. The van der Waals surface area contributed by atoms with Crippen LogP contribution in [0.15, 0.2) is 22.7 Å². The van der Waals surface area contributed by atoms with Gasteiger partial charge in [0, 0.05) is 17.1 Å². The second-order valence-corrected chi connectivity index (χ2v) is 6.40. The Balaban J connectivity index is 1.86. The molecule has 0 radical (unpaired) electrons. The molecule has 1 aliphatic heterocycles. The fourth-order valence-corrected chi connectivity index (χ4v) is 3.03. The second kappa shape index (κ2) is 6.82. The summed E-state index contributed by atoms with van der Waals surface area (Å²) in [5.41, 5.74) is 0.986. The smallest absolute Gasteiger partial charge is 0.123 e. The number of benzene rings is 1. The molecule has 0 amide bonds. The van der Waals surface area contributed by atoms with Gasteiger partial charge in [0.2, 0.25) is 0 Å². The van der Waals surface area contributed by atoms with Crippen LogP contribution in [0, 0.1) is 11.7 Å². The first-order valence-electron chi connectivity index (χ1n) is 6.92. The van der Waals surface area contributed by atoms with E-state index in [1.807, 2.05) is 0 Å². The Hall–Kier alpha value is -0.450. The topological polar surface area (TPSA) is 15.3 Å². The van der Waals surface area contributed by atoms with E-state index in [-0.39, 0.29) is 5.82 Å². The van der Waals surface area contributed by atoms with Crippen LogP contribution in [-0.4, -0.2) is 31.1 Å². The molecule has 2 rings (SSSR count). The maximum atomic E-state index is 13.2. The maximum absolute atomic E-state index is 13.2. The van der Waals surface area contributed by atoms with E-state index in [4.69, 9.17) is 0 Å².